The third-order valence-corrected chi connectivity index (χ3v) is 16.7. The number of anilines is 3. The fraction of sp³-hybridized carbons (Fsp3) is 0.105. The maximum Gasteiger partial charge on any atom is 0.0541 e. The van der Waals surface area contributed by atoms with E-state index in [1.165, 1.54) is 93.9 Å². The molecule has 2 nitrogen and oxygen atoms in total. The molecule has 2 atom stereocenters. The van der Waals surface area contributed by atoms with Crippen molar-refractivity contribution < 1.29 is 0 Å². The van der Waals surface area contributed by atoms with E-state index in [2.05, 4.69) is 283 Å². The van der Waals surface area contributed by atoms with Gasteiger partial charge in [-0.3, -0.25) is 0 Å². The molecule has 0 radical (unpaired) electrons. The fourth-order valence-corrected chi connectivity index (χ4v) is 12.7. The van der Waals surface area contributed by atoms with E-state index in [-0.39, 0.29) is 5.41 Å². The zero-order valence-corrected chi connectivity index (χ0v) is 44.1. The molecule has 0 saturated carbocycles. The molecule has 2 aliphatic rings. The van der Waals surface area contributed by atoms with Crippen LogP contribution in [0.4, 0.5) is 17.1 Å². The smallest absolute Gasteiger partial charge is 0.0541 e. The first-order chi connectivity index (χ1) is 38.6. The quantitative estimate of drug-likeness (QED) is 0.0876. The molecular weight excluding hydrogens is 941 g/mol. The molecule has 0 amide bonds. The van der Waals surface area contributed by atoms with Gasteiger partial charge in [-0.2, -0.15) is 0 Å². The van der Waals surface area contributed by atoms with Crippen LogP contribution in [0.15, 0.2) is 262 Å². The van der Waals surface area contributed by atoms with Crippen molar-refractivity contribution in [3.05, 3.63) is 311 Å². The Morgan fingerprint density at radius 3 is 1.77 bits per heavy atom. The van der Waals surface area contributed by atoms with Crippen molar-refractivity contribution in [3.63, 3.8) is 0 Å². The van der Waals surface area contributed by atoms with Gasteiger partial charge in [0.05, 0.1) is 5.52 Å². The number of para-hydroxylation sites is 2. The number of aryl methyl sites for hydroxylation is 1. The Labute approximate surface area is 459 Å². The van der Waals surface area contributed by atoms with Crippen molar-refractivity contribution in [2.75, 3.05) is 4.90 Å². The Kier molecular flexibility index (Phi) is 13.1. The Morgan fingerprint density at radius 1 is 0.487 bits per heavy atom. The second kappa shape index (κ2) is 21.1. The maximum absolute atomic E-state index is 3.97. The SMILES string of the molecule is C=Cc1ccc(CCCCCC2(c3ccccc3)c3ccccc3-c3ccc(N(c4ccccc4)c4ccc(-c5ccc(-c6ccc7c(c6)c6c(n7-c7ccccc7)=CCC(c7ccc(C=C)cc7)C=6)cc5)cc4)cc32)cc1. The second-order valence-corrected chi connectivity index (χ2v) is 21.1. The topological polar surface area (TPSA) is 8.17 Å². The van der Waals surface area contributed by atoms with E-state index >= 15 is 0 Å². The van der Waals surface area contributed by atoms with Crippen LogP contribution in [-0.4, -0.2) is 4.57 Å². The first kappa shape index (κ1) is 48.4. The monoisotopic (exact) mass is 1000 g/mol. The fourth-order valence-electron chi connectivity index (χ4n) is 12.7. The first-order valence-electron chi connectivity index (χ1n) is 27.8. The average molecular weight is 1000 g/mol. The molecule has 1 heterocycles. The van der Waals surface area contributed by atoms with Gasteiger partial charge in [-0.1, -0.05) is 238 Å². The molecule has 376 valence electrons. The number of unbranched alkanes of at least 4 members (excludes halogenated alkanes) is 2. The van der Waals surface area contributed by atoms with E-state index < -0.39 is 0 Å². The standard InChI is InChI=1S/C76H62N2/c1-3-54-28-30-56(31-29-54)19-9-8-18-50-76(63-20-10-5-11-21-63)72-27-17-16-26-68(72)69-47-46-67(53-73(69)76)77(64-22-12-6-13-23-64)66-44-40-58(41-45-66)57-36-38-60(39-37-57)62-43-49-75-71(52-62)70-51-61(59-34-32-55(4-2)33-35-59)42-48-74(70)78(75)65-24-14-7-15-25-65/h3-7,10-17,20-41,43-49,51-53,61H,1-2,8-9,18-19,42,50H2. The summed E-state index contributed by atoms with van der Waals surface area (Å²) in [7, 11) is 0. The van der Waals surface area contributed by atoms with Gasteiger partial charge in [0.25, 0.3) is 0 Å². The van der Waals surface area contributed by atoms with Crippen LogP contribution < -0.4 is 15.5 Å². The van der Waals surface area contributed by atoms with Crippen LogP contribution in [0.1, 0.15) is 77.0 Å². The zero-order chi connectivity index (χ0) is 52.4. The number of rotatable bonds is 16. The van der Waals surface area contributed by atoms with Gasteiger partial charge >= 0.3 is 0 Å². The molecule has 2 aliphatic carbocycles. The summed E-state index contributed by atoms with van der Waals surface area (Å²) in [5, 5.41) is 3.84. The molecule has 78 heavy (non-hydrogen) atoms. The van der Waals surface area contributed by atoms with Crippen LogP contribution in [0, 0.1) is 0 Å². The third kappa shape index (κ3) is 8.93. The van der Waals surface area contributed by atoms with E-state index in [0.717, 1.165) is 61.2 Å². The highest BCUT2D eigenvalue weighted by atomic mass is 15.1. The minimum atomic E-state index is -0.287. The van der Waals surface area contributed by atoms with Crippen LogP contribution >= 0.6 is 0 Å². The van der Waals surface area contributed by atoms with E-state index in [9.17, 15) is 0 Å². The lowest BCUT2D eigenvalue weighted by atomic mass is 9.69. The lowest BCUT2D eigenvalue weighted by Gasteiger charge is -2.34. The molecule has 0 saturated heterocycles. The van der Waals surface area contributed by atoms with Crippen LogP contribution in [0.2, 0.25) is 0 Å². The Morgan fingerprint density at radius 2 is 1.06 bits per heavy atom. The number of aromatic nitrogens is 1. The minimum absolute atomic E-state index is 0.287. The van der Waals surface area contributed by atoms with Gasteiger partial charge in [0.2, 0.25) is 0 Å². The van der Waals surface area contributed by atoms with Crippen LogP contribution in [-0.2, 0) is 11.8 Å². The van der Waals surface area contributed by atoms with Crippen molar-refractivity contribution in [2.45, 2.75) is 49.9 Å². The number of nitrogens with zero attached hydrogens (tertiary/aromatic N) is 2. The Bertz CT molecular complexity index is 4080. The van der Waals surface area contributed by atoms with Gasteiger partial charge in [0, 0.05) is 50.0 Å². The Hall–Kier alpha value is -9.24. The lowest BCUT2D eigenvalue weighted by Crippen LogP contribution is -2.31. The van der Waals surface area contributed by atoms with Crippen molar-refractivity contribution in [2.24, 2.45) is 0 Å². The highest BCUT2D eigenvalue weighted by molar-refractivity contribution is 5.91. The van der Waals surface area contributed by atoms with Gasteiger partial charge in [0.15, 0.2) is 0 Å². The summed E-state index contributed by atoms with van der Waals surface area (Å²) in [5.74, 6) is 0.300. The van der Waals surface area contributed by atoms with Crippen molar-refractivity contribution in [1.82, 2.24) is 4.57 Å². The average Bonchev–Trinajstić information content (AvgIpc) is 4.11. The third-order valence-electron chi connectivity index (χ3n) is 16.7. The second-order valence-electron chi connectivity index (χ2n) is 21.1. The molecule has 0 fully saturated rings. The molecule has 2 unspecified atom stereocenters. The van der Waals surface area contributed by atoms with Crippen molar-refractivity contribution >= 4 is 52.3 Å². The predicted molar refractivity (Wildman–Crippen MR) is 331 cm³/mol. The highest BCUT2D eigenvalue weighted by Gasteiger charge is 2.44. The van der Waals surface area contributed by atoms with E-state index in [0.29, 0.717) is 5.92 Å². The van der Waals surface area contributed by atoms with E-state index in [1.54, 1.807) is 0 Å². The Balaban J connectivity index is 0.814. The summed E-state index contributed by atoms with van der Waals surface area (Å²) in [6.07, 6.45) is 15.3. The van der Waals surface area contributed by atoms with Crippen LogP contribution in [0.5, 0.6) is 0 Å². The number of hydrogen-bond acceptors (Lipinski definition) is 1. The summed E-state index contributed by atoms with van der Waals surface area (Å²) in [5.41, 5.74) is 22.1. The summed E-state index contributed by atoms with van der Waals surface area (Å²) < 4.78 is 2.43. The van der Waals surface area contributed by atoms with Gasteiger partial charge in [0.1, 0.15) is 0 Å². The molecule has 11 aromatic rings. The largest absolute Gasteiger partial charge is 0.310 e. The summed E-state index contributed by atoms with van der Waals surface area (Å²) in [6, 6.07) is 92.3. The molecule has 0 spiro atoms. The van der Waals surface area contributed by atoms with Gasteiger partial charge in [-0.15, -0.1) is 0 Å². The van der Waals surface area contributed by atoms with Crippen LogP contribution in [0.3, 0.4) is 0 Å². The minimum Gasteiger partial charge on any atom is -0.310 e. The zero-order valence-electron chi connectivity index (χ0n) is 44.1. The summed E-state index contributed by atoms with van der Waals surface area (Å²) in [6.45, 7) is 7.91. The summed E-state index contributed by atoms with van der Waals surface area (Å²) in [4.78, 5) is 2.43. The molecular formula is C76H62N2. The first-order valence-corrected chi connectivity index (χ1v) is 27.8. The molecule has 0 aliphatic heterocycles. The summed E-state index contributed by atoms with van der Waals surface area (Å²) >= 11 is 0. The number of hydrogen-bond donors (Lipinski definition) is 0. The normalized spacial score (nSPS) is 15.1. The van der Waals surface area contributed by atoms with Gasteiger partial charge in [-0.25, -0.2) is 0 Å². The van der Waals surface area contributed by atoms with Gasteiger partial charge < -0.3 is 9.47 Å². The maximum atomic E-state index is 3.97. The molecule has 1 aromatic heterocycles. The van der Waals surface area contributed by atoms with Crippen molar-refractivity contribution in [3.8, 4) is 39.1 Å². The number of fused-ring (bicyclic) bond motifs is 6. The molecule has 10 aromatic carbocycles. The van der Waals surface area contributed by atoms with Crippen molar-refractivity contribution in [1.29, 1.82) is 0 Å². The molecule has 0 bridgehead atoms. The predicted octanol–water partition coefficient (Wildman–Crippen LogP) is 18.6. The molecule has 2 heteroatoms. The number of benzene rings is 10. The lowest BCUT2D eigenvalue weighted by molar-refractivity contribution is 0.518. The van der Waals surface area contributed by atoms with Gasteiger partial charge in [-0.05, 0) is 159 Å². The highest BCUT2D eigenvalue weighted by Crippen LogP contribution is 2.56. The molecule has 13 rings (SSSR count). The van der Waals surface area contributed by atoms with E-state index in [4.69, 9.17) is 0 Å². The molecule has 0 N–H and O–H groups in total. The van der Waals surface area contributed by atoms with E-state index in [1.807, 2.05) is 12.2 Å². The van der Waals surface area contributed by atoms with Crippen LogP contribution in [0.25, 0.3) is 74.3 Å².